The summed E-state index contributed by atoms with van der Waals surface area (Å²) in [5.41, 5.74) is 2.14. The van der Waals surface area contributed by atoms with Crippen molar-refractivity contribution in [2.75, 3.05) is 6.61 Å². The van der Waals surface area contributed by atoms with E-state index in [4.69, 9.17) is 4.74 Å². The molecule has 2 aromatic rings. The van der Waals surface area contributed by atoms with Gasteiger partial charge in [0.05, 0.1) is 0 Å². The summed E-state index contributed by atoms with van der Waals surface area (Å²) < 4.78 is 19.5. The van der Waals surface area contributed by atoms with Crippen molar-refractivity contribution in [2.24, 2.45) is 5.92 Å². The van der Waals surface area contributed by atoms with Gasteiger partial charge in [-0.05, 0) is 48.6 Å². The van der Waals surface area contributed by atoms with Gasteiger partial charge in [-0.1, -0.05) is 72.1 Å². The van der Waals surface area contributed by atoms with Gasteiger partial charge in [0.1, 0.15) is 18.5 Å². The van der Waals surface area contributed by atoms with Crippen LogP contribution >= 0.6 is 0 Å². The highest BCUT2D eigenvalue weighted by Gasteiger charge is 2.15. The van der Waals surface area contributed by atoms with Crippen LogP contribution in [0.15, 0.2) is 36.7 Å². The number of nitrogens with zero attached hydrogens (tertiary/aromatic N) is 2. The average molecular weight is 415 g/mol. The second kappa shape index (κ2) is 14.1. The first-order valence-electron chi connectivity index (χ1n) is 11.8. The molecule has 0 aliphatic carbocycles. The maximum atomic E-state index is 13.9. The van der Waals surface area contributed by atoms with Gasteiger partial charge < -0.3 is 4.74 Å². The van der Waals surface area contributed by atoms with Crippen LogP contribution in [0.4, 0.5) is 4.39 Å². The number of aromatic nitrogens is 2. The maximum Gasteiger partial charge on any atom is 0.159 e. The molecule has 1 aromatic heterocycles. The van der Waals surface area contributed by atoms with E-state index < -0.39 is 6.17 Å². The van der Waals surface area contributed by atoms with Crippen molar-refractivity contribution in [2.45, 2.75) is 91.2 Å². The summed E-state index contributed by atoms with van der Waals surface area (Å²) in [4.78, 5) is 9.05. The van der Waals surface area contributed by atoms with Crippen LogP contribution in [-0.4, -0.2) is 22.7 Å². The van der Waals surface area contributed by atoms with Crippen molar-refractivity contribution in [1.82, 2.24) is 9.97 Å². The summed E-state index contributed by atoms with van der Waals surface area (Å²) in [7, 11) is 0. The summed E-state index contributed by atoms with van der Waals surface area (Å²) in [5.74, 6) is 1.40. The number of benzene rings is 1. The first-order chi connectivity index (χ1) is 14.6. The van der Waals surface area contributed by atoms with E-state index in [0.717, 1.165) is 18.4 Å². The average Bonchev–Trinajstić information content (AvgIpc) is 2.79. The quantitative estimate of drug-likeness (QED) is 0.282. The molecule has 0 saturated carbocycles. The third-order valence-electron chi connectivity index (χ3n) is 5.81. The van der Waals surface area contributed by atoms with E-state index >= 15 is 0 Å². The van der Waals surface area contributed by atoms with E-state index in [-0.39, 0.29) is 12.5 Å². The van der Waals surface area contributed by atoms with Gasteiger partial charge in [0.25, 0.3) is 0 Å². The van der Waals surface area contributed by atoms with Crippen molar-refractivity contribution in [3.8, 4) is 17.1 Å². The highest BCUT2D eigenvalue weighted by molar-refractivity contribution is 5.55. The van der Waals surface area contributed by atoms with Crippen molar-refractivity contribution in [3.63, 3.8) is 0 Å². The molecule has 30 heavy (non-hydrogen) atoms. The van der Waals surface area contributed by atoms with Crippen molar-refractivity contribution >= 4 is 0 Å². The molecule has 0 N–H and O–H groups in total. The van der Waals surface area contributed by atoms with Crippen LogP contribution in [0.25, 0.3) is 11.4 Å². The summed E-state index contributed by atoms with van der Waals surface area (Å²) >= 11 is 0. The third kappa shape index (κ3) is 8.81. The lowest BCUT2D eigenvalue weighted by atomic mass is 10.0. The Hall–Kier alpha value is -1.97. The van der Waals surface area contributed by atoms with Crippen molar-refractivity contribution in [3.05, 3.63) is 42.2 Å². The van der Waals surface area contributed by atoms with Crippen LogP contribution in [0.5, 0.6) is 5.75 Å². The van der Waals surface area contributed by atoms with E-state index in [9.17, 15) is 4.39 Å². The minimum atomic E-state index is -0.938. The molecule has 0 amide bonds. The predicted octanol–water partition coefficient (Wildman–Crippen LogP) is 7.59. The van der Waals surface area contributed by atoms with E-state index in [0.29, 0.717) is 11.6 Å². The Morgan fingerprint density at radius 3 is 2.07 bits per heavy atom. The molecular weight excluding hydrogens is 375 g/mol. The highest BCUT2D eigenvalue weighted by Crippen LogP contribution is 2.21. The third-order valence-corrected chi connectivity index (χ3v) is 5.81. The molecule has 0 radical (unpaired) electrons. The predicted molar refractivity (Wildman–Crippen MR) is 124 cm³/mol. The molecule has 0 saturated heterocycles. The fraction of sp³-hybridized carbons (Fsp3) is 0.615. The molecule has 166 valence electrons. The van der Waals surface area contributed by atoms with Gasteiger partial charge in [0, 0.05) is 18.0 Å². The van der Waals surface area contributed by atoms with Crippen molar-refractivity contribution < 1.29 is 9.13 Å². The molecule has 2 atom stereocenters. The first kappa shape index (κ1) is 24.3. The highest BCUT2D eigenvalue weighted by atomic mass is 19.1. The fourth-order valence-corrected chi connectivity index (χ4v) is 3.39. The monoisotopic (exact) mass is 414 g/mol. The van der Waals surface area contributed by atoms with Crippen molar-refractivity contribution in [1.29, 1.82) is 0 Å². The van der Waals surface area contributed by atoms with Crippen LogP contribution in [0.1, 0.15) is 84.1 Å². The second-order valence-corrected chi connectivity index (χ2v) is 8.38. The van der Waals surface area contributed by atoms with Crippen LogP contribution in [0, 0.1) is 5.92 Å². The lowest BCUT2D eigenvalue weighted by Crippen LogP contribution is -2.20. The molecule has 0 bridgehead atoms. The molecule has 1 aromatic carbocycles. The number of halogens is 1. The van der Waals surface area contributed by atoms with Gasteiger partial charge in [-0.2, -0.15) is 0 Å². The summed E-state index contributed by atoms with van der Waals surface area (Å²) in [6.45, 7) is 6.26. The van der Waals surface area contributed by atoms with Gasteiger partial charge >= 0.3 is 0 Å². The zero-order chi connectivity index (χ0) is 21.6. The number of unbranched alkanes of at least 4 members (excludes halogenated alkanes) is 7. The Balaban J connectivity index is 1.72. The first-order valence-corrected chi connectivity index (χ1v) is 11.8. The van der Waals surface area contributed by atoms with E-state index in [1.165, 1.54) is 56.9 Å². The number of aryl methyl sites for hydroxylation is 1. The number of ether oxygens (including phenoxy) is 1. The molecule has 3 nitrogen and oxygen atoms in total. The van der Waals surface area contributed by atoms with Gasteiger partial charge in [0.2, 0.25) is 0 Å². The smallest absolute Gasteiger partial charge is 0.159 e. The normalized spacial score (nSPS) is 13.2. The number of hydrogen-bond acceptors (Lipinski definition) is 3. The van der Waals surface area contributed by atoms with E-state index in [1.807, 2.05) is 50.5 Å². The number of alkyl halides is 1. The van der Waals surface area contributed by atoms with Gasteiger partial charge in [-0.25, -0.2) is 14.4 Å². The Bertz CT molecular complexity index is 687. The maximum absolute atomic E-state index is 13.9. The Morgan fingerprint density at radius 2 is 1.47 bits per heavy atom. The molecule has 0 spiro atoms. The lowest BCUT2D eigenvalue weighted by Gasteiger charge is -2.15. The van der Waals surface area contributed by atoms with Crippen LogP contribution in [0.2, 0.25) is 0 Å². The van der Waals surface area contributed by atoms with Crippen LogP contribution in [-0.2, 0) is 6.42 Å². The lowest BCUT2D eigenvalue weighted by molar-refractivity contribution is 0.145. The Morgan fingerprint density at radius 1 is 0.867 bits per heavy atom. The largest absolute Gasteiger partial charge is 0.491 e. The Labute approximate surface area is 182 Å². The van der Waals surface area contributed by atoms with Gasteiger partial charge in [-0.3, -0.25) is 0 Å². The minimum Gasteiger partial charge on any atom is -0.491 e. The Kier molecular flexibility index (Phi) is 11.4. The van der Waals surface area contributed by atoms with Crippen LogP contribution < -0.4 is 4.74 Å². The fourth-order valence-electron chi connectivity index (χ4n) is 3.39. The zero-order valence-corrected chi connectivity index (χ0v) is 19.1. The molecule has 2 unspecified atom stereocenters. The zero-order valence-electron chi connectivity index (χ0n) is 19.1. The topological polar surface area (TPSA) is 35.0 Å². The molecule has 2 rings (SSSR count). The summed E-state index contributed by atoms with van der Waals surface area (Å²) in [6.07, 6.45) is 15.4. The molecule has 0 aliphatic heterocycles. The molecule has 1 heterocycles. The minimum absolute atomic E-state index is 0.0157. The van der Waals surface area contributed by atoms with Gasteiger partial charge in [-0.15, -0.1) is 0 Å². The van der Waals surface area contributed by atoms with E-state index in [1.54, 1.807) is 0 Å². The van der Waals surface area contributed by atoms with E-state index in [2.05, 4.69) is 16.9 Å². The van der Waals surface area contributed by atoms with Crippen LogP contribution in [0.3, 0.4) is 0 Å². The molecular formula is C26H39FN2O. The van der Waals surface area contributed by atoms with Gasteiger partial charge in [0.15, 0.2) is 5.82 Å². The number of rotatable bonds is 15. The molecule has 0 fully saturated rings. The summed E-state index contributed by atoms with van der Waals surface area (Å²) in [5, 5.41) is 0. The molecule has 0 aliphatic rings. The number of hydrogen-bond donors (Lipinski definition) is 0. The second-order valence-electron chi connectivity index (χ2n) is 8.38. The standard InChI is InChI=1S/C26H39FN2O/c1-4-6-7-8-9-10-11-12-13-22-18-28-26(29-19-22)23-14-16-24(17-15-23)30-20-25(27)21(3)5-2/h14-19,21,25H,4-13,20H2,1-3H3. The molecule has 4 heteroatoms. The SMILES string of the molecule is CCCCCCCCCCc1cnc(-c2ccc(OCC(F)C(C)CC)cc2)nc1. The summed E-state index contributed by atoms with van der Waals surface area (Å²) in [6, 6.07) is 7.58.